The van der Waals surface area contributed by atoms with Gasteiger partial charge in [0.25, 0.3) is 0 Å². The van der Waals surface area contributed by atoms with E-state index in [0.29, 0.717) is 5.57 Å². The molecule has 0 aliphatic rings. The number of hydrogen-bond donors (Lipinski definition) is 1. The molecule has 0 rings (SSSR count). The minimum absolute atomic E-state index is 0.139. The van der Waals surface area contributed by atoms with E-state index in [-0.39, 0.29) is 6.04 Å². The van der Waals surface area contributed by atoms with Crippen molar-refractivity contribution in [2.24, 2.45) is 5.73 Å². The van der Waals surface area contributed by atoms with Crippen LogP contribution >= 0.6 is 0 Å². The summed E-state index contributed by atoms with van der Waals surface area (Å²) in [7, 11) is 0. The summed E-state index contributed by atoms with van der Waals surface area (Å²) >= 11 is 0. The number of nitrogens with two attached hydrogens (primary N) is 1. The highest BCUT2D eigenvalue weighted by Crippen LogP contribution is 1.96. The molecule has 0 radical (unpaired) electrons. The van der Waals surface area contributed by atoms with Crippen LogP contribution in [0.1, 0.15) is 13.3 Å². The standard InChI is InChI=1S/C6H10N2/c1-3-6(8)5(2)4-7/h6H,2-3,8H2,1H3. The first kappa shape index (κ1) is 7.19. The molecule has 2 N–H and O–H groups in total. The number of rotatable bonds is 2. The maximum absolute atomic E-state index is 8.21. The van der Waals surface area contributed by atoms with Gasteiger partial charge in [-0.2, -0.15) is 5.26 Å². The molecule has 0 bridgehead atoms. The second-order valence-electron chi connectivity index (χ2n) is 1.65. The Kier molecular flexibility index (Phi) is 2.90. The highest BCUT2D eigenvalue weighted by atomic mass is 14.6. The van der Waals surface area contributed by atoms with Gasteiger partial charge in [0.1, 0.15) is 0 Å². The van der Waals surface area contributed by atoms with Crippen LogP contribution in [0, 0.1) is 11.3 Å². The molecule has 0 aliphatic heterocycles. The van der Waals surface area contributed by atoms with Crippen molar-refractivity contribution in [2.45, 2.75) is 19.4 Å². The van der Waals surface area contributed by atoms with Crippen LogP contribution in [-0.2, 0) is 0 Å². The van der Waals surface area contributed by atoms with E-state index in [2.05, 4.69) is 6.58 Å². The first-order chi connectivity index (χ1) is 3.72. The lowest BCUT2D eigenvalue weighted by atomic mass is 10.1. The zero-order valence-electron chi connectivity index (χ0n) is 5.02. The zero-order valence-corrected chi connectivity index (χ0v) is 5.02. The van der Waals surface area contributed by atoms with Crippen LogP contribution in [0.4, 0.5) is 0 Å². The Bertz CT molecular complexity index is 121. The Labute approximate surface area is 49.6 Å². The van der Waals surface area contributed by atoms with E-state index in [4.69, 9.17) is 11.0 Å². The predicted molar refractivity (Wildman–Crippen MR) is 33.0 cm³/mol. The Morgan fingerprint density at radius 3 is 2.62 bits per heavy atom. The van der Waals surface area contributed by atoms with Crippen LogP contribution in [0.15, 0.2) is 12.2 Å². The molecule has 0 saturated heterocycles. The van der Waals surface area contributed by atoms with Gasteiger partial charge >= 0.3 is 0 Å². The van der Waals surface area contributed by atoms with E-state index in [1.54, 1.807) is 0 Å². The molecule has 0 aliphatic carbocycles. The summed E-state index contributed by atoms with van der Waals surface area (Å²) in [6.45, 7) is 5.38. The highest BCUT2D eigenvalue weighted by Gasteiger charge is 2.00. The zero-order chi connectivity index (χ0) is 6.57. The van der Waals surface area contributed by atoms with Gasteiger partial charge < -0.3 is 5.73 Å². The molecule has 0 amide bonds. The molecule has 0 saturated carbocycles. The number of nitriles is 1. The van der Waals surface area contributed by atoms with Crippen molar-refractivity contribution in [3.63, 3.8) is 0 Å². The Morgan fingerprint density at radius 2 is 2.50 bits per heavy atom. The smallest absolute Gasteiger partial charge is 0.0957 e. The fraction of sp³-hybridized carbons (Fsp3) is 0.500. The minimum atomic E-state index is -0.139. The maximum Gasteiger partial charge on any atom is 0.0957 e. The molecular formula is C6H10N2. The molecule has 0 aromatic heterocycles. The van der Waals surface area contributed by atoms with Crippen molar-refractivity contribution in [2.75, 3.05) is 0 Å². The topological polar surface area (TPSA) is 49.8 Å². The van der Waals surface area contributed by atoms with Gasteiger partial charge in [-0.25, -0.2) is 0 Å². The molecule has 0 fully saturated rings. The predicted octanol–water partition coefficient (Wildman–Crippen LogP) is 0.803. The fourth-order valence-corrected chi connectivity index (χ4v) is 0.329. The minimum Gasteiger partial charge on any atom is -0.323 e. The molecule has 2 nitrogen and oxygen atoms in total. The Hall–Kier alpha value is -0.810. The third-order valence-electron chi connectivity index (χ3n) is 1.03. The van der Waals surface area contributed by atoms with Crippen molar-refractivity contribution in [3.8, 4) is 6.07 Å². The van der Waals surface area contributed by atoms with Gasteiger partial charge in [-0.1, -0.05) is 13.5 Å². The molecule has 0 aromatic rings. The van der Waals surface area contributed by atoms with E-state index in [9.17, 15) is 0 Å². The second kappa shape index (κ2) is 3.23. The van der Waals surface area contributed by atoms with Gasteiger partial charge in [-0.3, -0.25) is 0 Å². The first-order valence-electron chi connectivity index (χ1n) is 2.56. The van der Waals surface area contributed by atoms with Gasteiger partial charge in [0, 0.05) is 11.6 Å². The number of hydrogen-bond acceptors (Lipinski definition) is 2. The van der Waals surface area contributed by atoms with Crippen molar-refractivity contribution < 1.29 is 0 Å². The van der Waals surface area contributed by atoms with E-state index >= 15 is 0 Å². The average Bonchev–Trinajstić information content (AvgIpc) is 1.84. The molecule has 44 valence electrons. The van der Waals surface area contributed by atoms with Crippen LogP contribution in [0.2, 0.25) is 0 Å². The Morgan fingerprint density at radius 1 is 2.00 bits per heavy atom. The summed E-state index contributed by atoms with van der Waals surface area (Å²) in [6, 6.07) is 1.76. The second-order valence-corrected chi connectivity index (χ2v) is 1.65. The average molecular weight is 110 g/mol. The van der Waals surface area contributed by atoms with E-state index in [1.165, 1.54) is 0 Å². The van der Waals surface area contributed by atoms with Crippen molar-refractivity contribution in [3.05, 3.63) is 12.2 Å². The maximum atomic E-state index is 8.21. The third kappa shape index (κ3) is 1.76. The quantitative estimate of drug-likeness (QED) is 0.534. The van der Waals surface area contributed by atoms with Crippen molar-refractivity contribution >= 4 is 0 Å². The van der Waals surface area contributed by atoms with E-state index in [0.717, 1.165) is 6.42 Å². The monoisotopic (exact) mass is 110 g/mol. The Balaban J connectivity index is 3.68. The molecule has 1 atom stereocenters. The van der Waals surface area contributed by atoms with Crippen molar-refractivity contribution in [1.29, 1.82) is 5.26 Å². The van der Waals surface area contributed by atoms with Gasteiger partial charge in [-0.05, 0) is 6.42 Å². The summed E-state index contributed by atoms with van der Waals surface area (Å²) in [5.41, 5.74) is 5.87. The van der Waals surface area contributed by atoms with Gasteiger partial charge in [0.15, 0.2) is 0 Å². The lowest BCUT2D eigenvalue weighted by molar-refractivity contribution is 0.760. The SMILES string of the molecule is C=C(C#N)C(N)CC. The molecule has 0 heterocycles. The van der Waals surface area contributed by atoms with Crippen LogP contribution < -0.4 is 5.73 Å². The highest BCUT2D eigenvalue weighted by molar-refractivity contribution is 5.21. The lowest BCUT2D eigenvalue weighted by Crippen LogP contribution is -2.19. The van der Waals surface area contributed by atoms with Gasteiger partial charge in [-0.15, -0.1) is 0 Å². The van der Waals surface area contributed by atoms with Crippen LogP contribution in [0.25, 0.3) is 0 Å². The summed E-state index contributed by atoms with van der Waals surface area (Å²) in [5.74, 6) is 0. The van der Waals surface area contributed by atoms with Gasteiger partial charge in [0.05, 0.1) is 6.07 Å². The molecule has 2 heteroatoms. The molecule has 8 heavy (non-hydrogen) atoms. The van der Waals surface area contributed by atoms with Crippen LogP contribution in [-0.4, -0.2) is 6.04 Å². The summed E-state index contributed by atoms with van der Waals surface area (Å²) in [5, 5.41) is 8.21. The molecule has 1 unspecified atom stereocenters. The van der Waals surface area contributed by atoms with E-state index in [1.807, 2.05) is 13.0 Å². The van der Waals surface area contributed by atoms with E-state index < -0.39 is 0 Å². The summed E-state index contributed by atoms with van der Waals surface area (Å²) < 4.78 is 0. The van der Waals surface area contributed by atoms with Crippen LogP contribution in [0.3, 0.4) is 0 Å². The molecule has 0 aromatic carbocycles. The fourth-order valence-electron chi connectivity index (χ4n) is 0.329. The largest absolute Gasteiger partial charge is 0.323 e. The molecule has 0 spiro atoms. The third-order valence-corrected chi connectivity index (χ3v) is 1.03. The van der Waals surface area contributed by atoms with Gasteiger partial charge in [0.2, 0.25) is 0 Å². The lowest BCUT2D eigenvalue weighted by Gasteiger charge is -2.01. The number of nitrogens with zero attached hydrogens (tertiary/aromatic N) is 1. The summed E-state index contributed by atoms with van der Waals surface area (Å²) in [6.07, 6.45) is 0.784. The first-order valence-corrected chi connectivity index (χ1v) is 2.56. The molecular weight excluding hydrogens is 100 g/mol. The van der Waals surface area contributed by atoms with Crippen LogP contribution in [0.5, 0.6) is 0 Å². The van der Waals surface area contributed by atoms with Crippen molar-refractivity contribution in [1.82, 2.24) is 0 Å². The summed E-state index contributed by atoms with van der Waals surface area (Å²) in [4.78, 5) is 0. The normalized spacial score (nSPS) is 12.1.